The quantitative estimate of drug-likeness (QED) is 0.798. The number of hydrogen-bond acceptors (Lipinski definition) is 2. The molecule has 0 aliphatic rings. The van der Waals surface area contributed by atoms with Crippen molar-refractivity contribution in [3.05, 3.63) is 28.9 Å². The maximum Gasteiger partial charge on any atom is 0.132 e. The van der Waals surface area contributed by atoms with Crippen molar-refractivity contribution in [1.82, 2.24) is 10.2 Å². The summed E-state index contributed by atoms with van der Waals surface area (Å²) in [6.45, 7) is 2.73. The minimum Gasteiger partial charge on any atom is -0.330 e. The summed E-state index contributed by atoms with van der Waals surface area (Å²) in [6.07, 6.45) is 0. The van der Waals surface area contributed by atoms with E-state index in [4.69, 9.17) is 17.3 Å². The molecule has 1 atom stereocenters. The molecule has 74 valence electrons. The molecule has 3 N–H and O–H groups in total. The fourth-order valence-corrected chi connectivity index (χ4v) is 1.63. The lowest BCUT2D eigenvalue weighted by atomic mass is 10.0. The normalized spacial score (nSPS) is 13.4. The molecule has 0 fully saturated rings. The third kappa shape index (κ3) is 1.49. The number of benzene rings is 1. The Kier molecular flexibility index (Phi) is 2.44. The van der Waals surface area contributed by atoms with Crippen molar-refractivity contribution in [2.45, 2.75) is 12.8 Å². The smallest absolute Gasteiger partial charge is 0.132 e. The van der Waals surface area contributed by atoms with Crippen LogP contribution in [0.25, 0.3) is 10.9 Å². The molecule has 0 saturated heterocycles. The fraction of sp³-hybridized carbons (Fsp3) is 0.300. The fourth-order valence-electron chi connectivity index (χ4n) is 1.44. The summed E-state index contributed by atoms with van der Waals surface area (Å²) in [7, 11) is 0. The molecule has 0 radical (unpaired) electrons. The standard InChI is InChI=1S/C10H12ClN3/c1-6(5-12)7-2-3-9-8(4-7)10(11)14-13-9/h2-4,6H,5,12H2,1H3,(H,13,14). The lowest BCUT2D eigenvalue weighted by Crippen LogP contribution is -2.08. The number of rotatable bonds is 2. The number of fused-ring (bicyclic) bond motifs is 1. The van der Waals surface area contributed by atoms with Crippen LogP contribution < -0.4 is 5.73 Å². The first-order valence-electron chi connectivity index (χ1n) is 4.56. The van der Waals surface area contributed by atoms with Crippen LogP contribution >= 0.6 is 11.6 Å². The summed E-state index contributed by atoms with van der Waals surface area (Å²) >= 11 is 5.94. The minimum absolute atomic E-state index is 0.352. The summed E-state index contributed by atoms with van der Waals surface area (Å²) < 4.78 is 0. The summed E-state index contributed by atoms with van der Waals surface area (Å²) in [5.74, 6) is 0.352. The first-order valence-corrected chi connectivity index (χ1v) is 4.93. The van der Waals surface area contributed by atoms with Gasteiger partial charge in [0, 0.05) is 5.39 Å². The molecule has 4 heteroatoms. The van der Waals surface area contributed by atoms with E-state index in [1.807, 2.05) is 18.2 Å². The van der Waals surface area contributed by atoms with Gasteiger partial charge < -0.3 is 5.73 Å². The van der Waals surface area contributed by atoms with E-state index in [1.165, 1.54) is 5.56 Å². The molecule has 2 rings (SSSR count). The number of nitrogens with zero attached hydrogens (tertiary/aromatic N) is 1. The van der Waals surface area contributed by atoms with E-state index < -0.39 is 0 Å². The Bertz CT molecular complexity index is 450. The van der Waals surface area contributed by atoms with Crippen LogP contribution in [0.15, 0.2) is 18.2 Å². The van der Waals surface area contributed by atoms with Gasteiger partial charge in [-0.1, -0.05) is 24.6 Å². The van der Waals surface area contributed by atoms with Crippen molar-refractivity contribution in [2.75, 3.05) is 6.54 Å². The van der Waals surface area contributed by atoms with Crippen molar-refractivity contribution < 1.29 is 0 Å². The van der Waals surface area contributed by atoms with Crippen LogP contribution in [0.2, 0.25) is 5.15 Å². The van der Waals surface area contributed by atoms with E-state index in [0.29, 0.717) is 17.6 Å². The molecule has 0 aliphatic heterocycles. The van der Waals surface area contributed by atoms with Crippen molar-refractivity contribution in [2.24, 2.45) is 5.73 Å². The van der Waals surface area contributed by atoms with E-state index in [0.717, 1.165) is 10.9 Å². The van der Waals surface area contributed by atoms with Gasteiger partial charge >= 0.3 is 0 Å². The van der Waals surface area contributed by atoms with Gasteiger partial charge in [-0.3, -0.25) is 5.10 Å². The molecule has 1 aromatic heterocycles. The number of aromatic amines is 1. The van der Waals surface area contributed by atoms with Crippen LogP contribution in [0.5, 0.6) is 0 Å². The van der Waals surface area contributed by atoms with Gasteiger partial charge in [-0.2, -0.15) is 5.10 Å². The third-order valence-corrected chi connectivity index (χ3v) is 2.74. The summed E-state index contributed by atoms with van der Waals surface area (Å²) in [5.41, 5.74) is 7.69. The van der Waals surface area contributed by atoms with E-state index in [-0.39, 0.29) is 0 Å². The number of halogens is 1. The number of nitrogens with one attached hydrogen (secondary N) is 1. The highest BCUT2D eigenvalue weighted by atomic mass is 35.5. The Morgan fingerprint density at radius 1 is 1.57 bits per heavy atom. The Balaban J connectivity index is 2.54. The van der Waals surface area contributed by atoms with Crippen LogP contribution in [0.4, 0.5) is 0 Å². The second-order valence-electron chi connectivity index (χ2n) is 3.45. The average Bonchev–Trinajstić information content (AvgIpc) is 2.59. The molecule has 2 aromatic rings. The zero-order valence-corrected chi connectivity index (χ0v) is 8.67. The van der Waals surface area contributed by atoms with Gasteiger partial charge in [-0.05, 0) is 30.2 Å². The van der Waals surface area contributed by atoms with Gasteiger partial charge in [0.25, 0.3) is 0 Å². The van der Waals surface area contributed by atoms with E-state index in [9.17, 15) is 0 Å². The van der Waals surface area contributed by atoms with Crippen LogP contribution in [-0.2, 0) is 0 Å². The molecule has 0 bridgehead atoms. The Hall–Kier alpha value is -1.06. The monoisotopic (exact) mass is 209 g/mol. The van der Waals surface area contributed by atoms with Gasteiger partial charge in [-0.15, -0.1) is 0 Å². The number of hydrogen-bond donors (Lipinski definition) is 2. The Labute approximate surface area is 87.2 Å². The van der Waals surface area contributed by atoms with Gasteiger partial charge in [0.15, 0.2) is 0 Å². The summed E-state index contributed by atoms with van der Waals surface area (Å²) in [5, 5.41) is 8.35. The largest absolute Gasteiger partial charge is 0.330 e. The SMILES string of the molecule is CC(CN)c1ccc2n[nH]c(Cl)c2c1. The van der Waals surface area contributed by atoms with Crippen LogP contribution in [0, 0.1) is 0 Å². The molecule has 0 spiro atoms. The van der Waals surface area contributed by atoms with Crippen molar-refractivity contribution in [3.63, 3.8) is 0 Å². The summed E-state index contributed by atoms with van der Waals surface area (Å²) in [6, 6.07) is 6.04. The molecule has 3 nitrogen and oxygen atoms in total. The maximum absolute atomic E-state index is 5.94. The Morgan fingerprint density at radius 3 is 3.07 bits per heavy atom. The zero-order valence-electron chi connectivity index (χ0n) is 7.92. The van der Waals surface area contributed by atoms with Crippen LogP contribution in [0.3, 0.4) is 0 Å². The molecule has 1 heterocycles. The topological polar surface area (TPSA) is 54.7 Å². The molecular formula is C10H12ClN3. The lowest BCUT2D eigenvalue weighted by molar-refractivity contribution is 0.775. The molecule has 0 saturated carbocycles. The predicted molar refractivity (Wildman–Crippen MR) is 58.6 cm³/mol. The average molecular weight is 210 g/mol. The highest BCUT2D eigenvalue weighted by Crippen LogP contribution is 2.24. The second-order valence-corrected chi connectivity index (χ2v) is 3.83. The molecule has 14 heavy (non-hydrogen) atoms. The third-order valence-electron chi connectivity index (χ3n) is 2.45. The van der Waals surface area contributed by atoms with E-state index in [2.05, 4.69) is 17.1 Å². The first kappa shape index (κ1) is 9.49. The van der Waals surface area contributed by atoms with Crippen molar-refractivity contribution in [1.29, 1.82) is 0 Å². The zero-order chi connectivity index (χ0) is 10.1. The van der Waals surface area contributed by atoms with Crippen molar-refractivity contribution >= 4 is 22.5 Å². The summed E-state index contributed by atoms with van der Waals surface area (Å²) in [4.78, 5) is 0. The number of nitrogens with two attached hydrogens (primary N) is 1. The van der Waals surface area contributed by atoms with Gasteiger partial charge in [0.1, 0.15) is 5.15 Å². The minimum atomic E-state index is 0.352. The maximum atomic E-state index is 5.94. The van der Waals surface area contributed by atoms with Gasteiger partial charge in [0.05, 0.1) is 5.52 Å². The second kappa shape index (κ2) is 3.59. The molecule has 1 unspecified atom stereocenters. The van der Waals surface area contributed by atoms with Crippen molar-refractivity contribution in [3.8, 4) is 0 Å². The number of aromatic nitrogens is 2. The van der Waals surface area contributed by atoms with Crippen LogP contribution in [0.1, 0.15) is 18.4 Å². The van der Waals surface area contributed by atoms with E-state index >= 15 is 0 Å². The highest BCUT2D eigenvalue weighted by molar-refractivity contribution is 6.34. The molecule has 0 amide bonds. The highest BCUT2D eigenvalue weighted by Gasteiger charge is 2.07. The lowest BCUT2D eigenvalue weighted by Gasteiger charge is -2.07. The Morgan fingerprint density at radius 2 is 2.36 bits per heavy atom. The molecule has 0 aliphatic carbocycles. The van der Waals surface area contributed by atoms with Crippen LogP contribution in [-0.4, -0.2) is 16.7 Å². The molecular weight excluding hydrogens is 198 g/mol. The van der Waals surface area contributed by atoms with E-state index in [1.54, 1.807) is 0 Å². The first-order chi connectivity index (χ1) is 6.72. The van der Waals surface area contributed by atoms with Gasteiger partial charge in [0.2, 0.25) is 0 Å². The van der Waals surface area contributed by atoms with Gasteiger partial charge in [-0.25, -0.2) is 0 Å². The molecule has 1 aromatic carbocycles. The predicted octanol–water partition coefficient (Wildman–Crippen LogP) is 2.28. The number of H-pyrrole nitrogens is 1.